The van der Waals surface area contributed by atoms with Crippen LogP contribution in [0.2, 0.25) is 0 Å². The molecule has 0 saturated carbocycles. The van der Waals surface area contributed by atoms with Gasteiger partial charge in [0, 0.05) is 14.2 Å². The van der Waals surface area contributed by atoms with E-state index >= 15 is 0 Å². The zero-order valence-electron chi connectivity index (χ0n) is 12.0. The van der Waals surface area contributed by atoms with Crippen LogP contribution in [0.4, 0.5) is 0 Å². The highest BCUT2D eigenvalue weighted by Gasteiger charge is 2.02. The molecule has 4 heteroatoms. The monoisotopic (exact) mass is 260 g/mol. The molecule has 0 amide bonds. The Balaban J connectivity index is 3.18. The van der Waals surface area contributed by atoms with Crippen LogP contribution in [0.5, 0.6) is 0 Å². The highest BCUT2D eigenvalue weighted by Crippen LogP contribution is 2.07. The predicted molar refractivity (Wildman–Crippen MR) is 72.2 cm³/mol. The Bertz CT molecular complexity index is 179. The third-order valence-electron chi connectivity index (χ3n) is 2.57. The van der Waals surface area contributed by atoms with Crippen molar-refractivity contribution >= 4 is 0 Å². The Hall–Kier alpha value is -0.580. The minimum absolute atomic E-state index is 0.0720. The third-order valence-corrected chi connectivity index (χ3v) is 2.57. The van der Waals surface area contributed by atoms with E-state index in [0.717, 1.165) is 45.1 Å². The van der Waals surface area contributed by atoms with Crippen molar-refractivity contribution in [3.05, 3.63) is 12.3 Å². The fraction of sp³-hybridized carbons (Fsp3) is 0.857. The molecule has 0 bridgehead atoms. The molecule has 0 aromatic heterocycles. The van der Waals surface area contributed by atoms with E-state index in [0.29, 0.717) is 6.79 Å². The van der Waals surface area contributed by atoms with Crippen molar-refractivity contribution < 1.29 is 18.9 Å². The van der Waals surface area contributed by atoms with Crippen molar-refractivity contribution in [1.82, 2.24) is 0 Å². The van der Waals surface area contributed by atoms with Crippen LogP contribution in [0.1, 0.15) is 45.4 Å². The fourth-order valence-electron chi connectivity index (χ4n) is 1.43. The van der Waals surface area contributed by atoms with Gasteiger partial charge in [0.2, 0.25) is 0 Å². The lowest BCUT2D eigenvalue weighted by Gasteiger charge is -2.12. The Morgan fingerprint density at radius 2 is 1.83 bits per heavy atom. The van der Waals surface area contributed by atoms with E-state index in [4.69, 9.17) is 18.9 Å². The zero-order valence-corrected chi connectivity index (χ0v) is 12.0. The number of ether oxygens (including phenoxy) is 4. The molecule has 4 nitrogen and oxygen atoms in total. The van der Waals surface area contributed by atoms with E-state index in [-0.39, 0.29) is 6.29 Å². The summed E-state index contributed by atoms with van der Waals surface area (Å²) in [6, 6.07) is 0. The van der Waals surface area contributed by atoms with Crippen LogP contribution in [-0.4, -0.2) is 33.9 Å². The first-order valence-corrected chi connectivity index (χ1v) is 6.75. The topological polar surface area (TPSA) is 36.9 Å². The highest BCUT2D eigenvalue weighted by atomic mass is 16.7. The summed E-state index contributed by atoms with van der Waals surface area (Å²) < 4.78 is 20.7. The third kappa shape index (κ3) is 11.9. The SMILES string of the molecule is CCCCOCOC=CCCCCC(OC)OC. The largest absolute Gasteiger partial charge is 0.475 e. The highest BCUT2D eigenvalue weighted by molar-refractivity contribution is 4.72. The molecule has 0 saturated heterocycles. The molecule has 0 atom stereocenters. The minimum Gasteiger partial charge on any atom is -0.475 e. The van der Waals surface area contributed by atoms with Gasteiger partial charge in [-0.05, 0) is 38.2 Å². The van der Waals surface area contributed by atoms with Gasteiger partial charge in [0.05, 0.1) is 12.9 Å². The Morgan fingerprint density at radius 3 is 2.50 bits per heavy atom. The molecule has 18 heavy (non-hydrogen) atoms. The standard InChI is InChI=1S/C14H28O4/c1-4-5-11-17-13-18-12-9-7-6-8-10-14(15-2)16-3/h9,12,14H,4-8,10-11,13H2,1-3H3. The quantitative estimate of drug-likeness (QED) is 0.289. The summed E-state index contributed by atoms with van der Waals surface area (Å²) in [5, 5.41) is 0. The molecule has 0 rings (SSSR count). The second kappa shape index (κ2) is 14.5. The smallest absolute Gasteiger partial charge is 0.188 e. The predicted octanol–water partition coefficient (Wildman–Crippen LogP) is 3.47. The maximum Gasteiger partial charge on any atom is 0.188 e. The number of allylic oxidation sites excluding steroid dienone is 1. The second-order valence-corrected chi connectivity index (χ2v) is 4.10. The number of unbranched alkanes of at least 4 members (excludes halogenated alkanes) is 3. The van der Waals surface area contributed by atoms with Gasteiger partial charge in [0.25, 0.3) is 0 Å². The lowest BCUT2D eigenvalue weighted by atomic mass is 10.2. The number of rotatable bonds is 13. The summed E-state index contributed by atoms with van der Waals surface area (Å²) >= 11 is 0. The summed E-state index contributed by atoms with van der Waals surface area (Å²) in [5.41, 5.74) is 0. The van der Waals surface area contributed by atoms with E-state index in [1.54, 1.807) is 20.5 Å². The minimum atomic E-state index is -0.0720. The van der Waals surface area contributed by atoms with Crippen LogP contribution in [0.15, 0.2) is 12.3 Å². The summed E-state index contributed by atoms with van der Waals surface area (Å²) in [7, 11) is 3.33. The molecule has 0 aliphatic rings. The van der Waals surface area contributed by atoms with Gasteiger partial charge < -0.3 is 18.9 Å². The first-order valence-electron chi connectivity index (χ1n) is 6.75. The van der Waals surface area contributed by atoms with Crippen LogP contribution in [0, 0.1) is 0 Å². The number of hydrogen-bond acceptors (Lipinski definition) is 4. The first kappa shape index (κ1) is 17.4. The fourth-order valence-corrected chi connectivity index (χ4v) is 1.43. The molecule has 0 N–H and O–H groups in total. The van der Waals surface area contributed by atoms with Crippen LogP contribution in [0.25, 0.3) is 0 Å². The Kier molecular flexibility index (Phi) is 14.0. The van der Waals surface area contributed by atoms with E-state index in [9.17, 15) is 0 Å². The summed E-state index contributed by atoms with van der Waals surface area (Å²) in [4.78, 5) is 0. The molecule has 0 aromatic carbocycles. The molecule has 0 aliphatic heterocycles. The molecule has 0 heterocycles. The molecule has 0 aromatic rings. The van der Waals surface area contributed by atoms with Gasteiger partial charge in [0.1, 0.15) is 0 Å². The lowest BCUT2D eigenvalue weighted by molar-refractivity contribution is -0.107. The first-order chi connectivity index (χ1) is 8.85. The molecule has 0 unspecified atom stereocenters. The van der Waals surface area contributed by atoms with Crippen molar-refractivity contribution in [1.29, 1.82) is 0 Å². The van der Waals surface area contributed by atoms with Crippen LogP contribution >= 0.6 is 0 Å². The molecular weight excluding hydrogens is 232 g/mol. The maximum absolute atomic E-state index is 5.26. The van der Waals surface area contributed by atoms with Gasteiger partial charge in [-0.2, -0.15) is 0 Å². The summed E-state index contributed by atoms with van der Waals surface area (Å²) in [6.07, 6.45) is 10.1. The van der Waals surface area contributed by atoms with E-state index in [2.05, 4.69) is 6.92 Å². The van der Waals surface area contributed by atoms with Crippen molar-refractivity contribution in [3.8, 4) is 0 Å². The number of hydrogen-bond donors (Lipinski definition) is 0. The van der Waals surface area contributed by atoms with E-state index in [1.165, 1.54) is 0 Å². The molecule has 0 spiro atoms. The van der Waals surface area contributed by atoms with E-state index in [1.807, 2.05) is 6.08 Å². The molecule has 0 radical (unpaired) electrons. The average molecular weight is 260 g/mol. The van der Waals surface area contributed by atoms with Crippen LogP contribution in [-0.2, 0) is 18.9 Å². The average Bonchev–Trinajstić information content (AvgIpc) is 2.40. The summed E-state index contributed by atoms with van der Waals surface area (Å²) in [5.74, 6) is 0. The normalized spacial score (nSPS) is 11.6. The Labute approximate surface area is 111 Å². The van der Waals surface area contributed by atoms with Crippen molar-refractivity contribution in [2.75, 3.05) is 27.6 Å². The van der Waals surface area contributed by atoms with Crippen LogP contribution in [0.3, 0.4) is 0 Å². The molecular formula is C14H28O4. The van der Waals surface area contributed by atoms with Crippen molar-refractivity contribution in [2.24, 2.45) is 0 Å². The second-order valence-electron chi connectivity index (χ2n) is 4.10. The molecule has 108 valence electrons. The molecule has 0 aliphatic carbocycles. The van der Waals surface area contributed by atoms with Gasteiger partial charge in [-0.15, -0.1) is 0 Å². The van der Waals surface area contributed by atoms with Crippen molar-refractivity contribution in [2.45, 2.75) is 51.7 Å². The van der Waals surface area contributed by atoms with Gasteiger partial charge in [-0.1, -0.05) is 13.3 Å². The van der Waals surface area contributed by atoms with Gasteiger partial charge in [0.15, 0.2) is 13.1 Å². The lowest BCUT2D eigenvalue weighted by Crippen LogP contribution is -2.12. The Morgan fingerprint density at radius 1 is 1.06 bits per heavy atom. The summed E-state index contributed by atoms with van der Waals surface area (Å²) in [6.45, 7) is 3.27. The van der Waals surface area contributed by atoms with Gasteiger partial charge in [-0.25, -0.2) is 0 Å². The van der Waals surface area contributed by atoms with Gasteiger partial charge >= 0.3 is 0 Å². The molecule has 0 fully saturated rings. The van der Waals surface area contributed by atoms with E-state index < -0.39 is 0 Å². The zero-order chi connectivity index (χ0) is 13.5. The van der Waals surface area contributed by atoms with Gasteiger partial charge in [-0.3, -0.25) is 0 Å². The maximum atomic E-state index is 5.26. The van der Waals surface area contributed by atoms with Crippen LogP contribution < -0.4 is 0 Å². The van der Waals surface area contributed by atoms with Crippen molar-refractivity contribution in [3.63, 3.8) is 0 Å². The number of methoxy groups -OCH3 is 2.